The number of halogens is 1. The minimum absolute atomic E-state index is 0.336. The van der Waals surface area contributed by atoms with Crippen LogP contribution in [0.4, 0.5) is 0 Å². The third-order valence-corrected chi connectivity index (χ3v) is 6.26. The first kappa shape index (κ1) is 20.0. The summed E-state index contributed by atoms with van der Waals surface area (Å²) in [7, 11) is 3.26. The van der Waals surface area contributed by atoms with Gasteiger partial charge in [0.25, 0.3) is 0 Å². The van der Waals surface area contributed by atoms with Crippen molar-refractivity contribution in [3.8, 4) is 17.2 Å². The van der Waals surface area contributed by atoms with Crippen molar-refractivity contribution in [2.24, 2.45) is 0 Å². The summed E-state index contributed by atoms with van der Waals surface area (Å²) < 4.78 is 18.4. The number of hydrogen-bond acceptors (Lipinski definition) is 4. The minimum atomic E-state index is -1.18. The minimum Gasteiger partial charge on any atom is -0.497 e. The Bertz CT molecular complexity index is 1010. The topological polar surface area (TPSA) is 47.9 Å². The zero-order chi connectivity index (χ0) is 20.6. The van der Waals surface area contributed by atoms with Crippen LogP contribution in [0.1, 0.15) is 35.6 Å². The molecular weight excluding hydrogens is 479 g/mol. The zero-order valence-corrected chi connectivity index (χ0v) is 18.7. The zero-order valence-electron chi connectivity index (χ0n) is 16.6. The molecule has 1 N–H and O–H groups in total. The lowest BCUT2D eigenvalue weighted by molar-refractivity contribution is -0.0427. The van der Waals surface area contributed by atoms with Crippen molar-refractivity contribution in [1.82, 2.24) is 0 Å². The lowest BCUT2D eigenvalue weighted by Crippen LogP contribution is -2.40. The summed E-state index contributed by atoms with van der Waals surface area (Å²) in [6, 6.07) is 21.6. The van der Waals surface area contributed by atoms with E-state index in [4.69, 9.17) is 14.2 Å². The number of aliphatic hydroxyl groups is 1. The lowest BCUT2D eigenvalue weighted by atomic mass is 9.71. The summed E-state index contributed by atoms with van der Waals surface area (Å²) in [5.41, 5.74) is 1.50. The van der Waals surface area contributed by atoms with Crippen molar-refractivity contribution in [2.75, 3.05) is 14.2 Å². The molecule has 0 spiro atoms. The molecule has 3 aromatic carbocycles. The van der Waals surface area contributed by atoms with E-state index in [0.717, 1.165) is 20.4 Å². The third-order valence-electron chi connectivity index (χ3n) is 5.55. The van der Waals surface area contributed by atoms with Crippen LogP contribution in [-0.4, -0.2) is 19.3 Å². The number of fused-ring (bicyclic) bond motifs is 1. The van der Waals surface area contributed by atoms with Gasteiger partial charge in [-0.25, -0.2) is 0 Å². The van der Waals surface area contributed by atoms with E-state index >= 15 is 0 Å². The fraction of sp³-hybridized carbons (Fsp3) is 0.250. The highest BCUT2D eigenvalue weighted by molar-refractivity contribution is 14.1. The molecule has 4 rings (SSSR count). The van der Waals surface area contributed by atoms with Gasteiger partial charge in [0.1, 0.15) is 29.0 Å². The monoisotopic (exact) mass is 502 g/mol. The average Bonchev–Trinajstić information content (AvgIpc) is 2.73. The number of hydrogen-bond donors (Lipinski definition) is 1. The van der Waals surface area contributed by atoms with Gasteiger partial charge in [-0.1, -0.05) is 24.3 Å². The Kier molecular flexibility index (Phi) is 5.44. The third kappa shape index (κ3) is 3.69. The first-order valence-electron chi connectivity index (χ1n) is 9.41. The van der Waals surface area contributed by atoms with E-state index in [1.165, 1.54) is 0 Å². The standard InChI is InChI=1S/C24H23IO4/c1-24(26)20-14-19(28-3)11-12-21(20)29-23(15-7-9-17(25)10-8-15)22(24)16-5-4-6-18(13-16)27-2/h4-14,22-23,26H,1-3H3. The van der Waals surface area contributed by atoms with Crippen LogP contribution < -0.4 is 14.2 Å². The first-order chi connectivity index (χ1) is 13.9. The highest BCUT2D eigenvalue weighted by Gasteiger charge is 2.47. The van der Waals surface area contributed by atoms with Gasteiger partial charge >= 0.3 is 0 Å². The smallest absolute Gasteiger partial charge is 0.134 e. The number of methoxy groups -OCH3 is 2. The summed E-state index contributed by atoms with van der Waals surface area (Å²) in [5.74, 6) is 1.76. The van der Waals surface area contributed by atoms with Crippen molar-refractivity contribution in [2.45, 2.75) is 24.5 Å². The van der Waals surface area contributed by atoms with Crippen LogP contribution in [0.5, 0.6) is 17.2 Å². The maximum atomic E-state index is 11.8. The maximum Gasteiger partial charge on any atom is 0.134 e. The Hall–Kier alpha value is -2.25. The summed E-state index contributed by atoms with van der Waals surface area (Å²) in [5, 5.41) is 11.8. The number of benzene rings is 3. The first-order valence-corrected chi connectivity index (χ1v) is 10.5. The molecule has 29 heavy (non-hydrogen) atoms. The molecule has 0 aromatic heterocycles. The van der Waals surface area contributed by atoms with E-state index in [1.807, 2.05) is 49.4 Å². The van der Waals surface area contributed by atoms with Crippen molar-refractivity contribution >= 4 is 22.6 Å². The Morgan fingerprint density at radius 3 is 2.28 bits per heavy atom. The molecule has 0 saturated heterocycles. The van der Waals surface area contributed by atoms with Crippen LogP contribution in [0.25, 0.3) is 0 Å². The second-order valence-corrected chi connectivity index (χ2v) is 8.60. The Morgan fingerprint density at radius 2 is 1.59 bits per heavy atom. The molecule has 0 aliphatic carbocycles. The SMILES string of the molecule is COc1cccc(C2C(c3ccc(I)cc3)Oc3ccc(OC)cc3C2(C)O)c1. The van der Waals surface area contributed by atoms with Crippen LogP contribution >= 0.6 is 22.6 Å². The maximum absolute atomic E-state index is 11.8. The summed E-state index contributed by atoms with van der Waals surface area (Å²) in [6.45, 7) is 1.84. The van der Waals surface area contributed by atoms with Crippen molar-refractivity contribution in [3.63, 3.8) is 0 Å². The molecule has 3 aromatic rings. The Labute approximate surface area is 184 Å². The second kappa shape index (κ2) is 7.88. The van der Waals surface area contributed by atoms with Crippen LogP contribution in [0.2, 0.25) is 0 Å². The molecule has 1 aliphatic heterocycles. The molecule has 3 unspecified atom stereocenters. The Morgan fingerprint density at radius 1 is 0.897 bits per heavy atom. The number of rotatable bonds is 4. The van der Waals surface area contributed by atoms with Gasteiger partial charge in [0, 0.05) is 9.13 Å². The fourth-order valence-corrected chi connectivity index (χ4v) is 4.41. The normalized spacial score (nSPS) is 23.1. The molecule has 0 bridgehead atoms. The van der Waals surface area contributed by atoms with Crippen LogP contribution in [0, 0.1) is 3.57 Å². The lowest BCUT2D eigenvalue weighted by Gasteiger charge is -2.44. The van der Waals surface area contributed by atoms with E-state index in [2.05, 4.69) is 46.9 Å². The van der Waals surface area contributed by atoms with Gasteiger partial charge in [0.2, 0.25) is 0 Å². The van der Waals surface area contributed by atoms with Gasteiger partial charge < -0.3 is 19.3 Å². The van der Waals surface area contributed by atoms with Crippen LogP contribution in [-0.2, 0) is 5.60 Å². The van der Waals surface area contributed by atoms with E-state index < -0.39 is 5.60 Å². The molecule has 0 saturated carbocycles. The van der Waals surface area contributed by atoms with E-state index in [-0.39, 0.29) is 12.0 Å². The van der Waals surface area contributed by atoms with Gasteiger partial charge in [0.15, 0.2) is 0 Å². The summed E-state index contributed by atoms with van der Waals surface area (Å²) in [6.07, 6.45) is -0.352. The predicted octanol–water partition coefficient (Wildman–Crippen LogP) is 5.43. The molecule has 1 heterocycles. The largest absolute Gasteiger partial charge is 0.497 e. The van der Waals surface area contributed by atoms with Gasteiger partial charge in [0.05, 0.1) is 20.1 Å². The van der Waals surface area contributed by atoms with Crippen molar-refractivity contribution in [3.05, 3.63) is 87.0 Å². The van der Waals surface area contributed by atoms with Crippen LogP contribution in [0.3, 0.4) is 0 Å². The quantitative estimate of drug-likeness (QED) is 0.484. The number of ether oxygens (including phenoxy) is 3. The molecule has 0 radical (unpaired) electrons. The molecule has 1 aliphatic rings. The highest BCUT2D eigenvalue weighted by Crippen LogP contribution is 2.54. The van der Waals surface area contributed by atoms with Gasteiger partial charge in [-0.05, 0) is 83.1 Å². The molecular formula is C24H23IO4. The van der Waals surface area contributed by atoms with Crippen molar-refractivity contribution < 1.29 is 19.3 Å². The second-order valence-electron chi connectivity index (χ2n) is 7.35. The Balaban J connectivity index is 1.91. The van der Waals surface area contributed by atoms with Gasteiger partial charge in [-0.3, -0.25) is 0 Å². The summed E-state index contributed by atoms with van der Waals surface area (Å²) >= 11 is 2.29. The van der Waals surface area contributed by atoms with Gasteiger partial charge in [-0.15, -0.1) is 0 Å². The molecule has 150 valence electrons. The molecule has 0 fully saturated rings. The average molecular weight is 502 g/mol. The van der Waals surface area contributed by atoms with E-state index in [0.29, 0.717) is 17.1 Å². The van der Waals surface area contributed by atoms with Gasteiger partial charge in [-0.2, -0.15) is 0 Å². The molecule has 3 atom stereocenters. The highest BCUT2D eigenvalue weighted by atomic mass is 127. The fourth-order valence-electron chi connectivity index (χ4n) is 4.05. The predicted molar refractivity (Wildman–Crippen MR) is 121 cm³/mol. The summed E-state index contributed by atoms with van der Waals surface area (Å²) in [4.78, 5) is 0. The molecule has 5 heteroatoms. The van der Waals surface area contributed by atoms with Crippen LogP contribution in [0.15, 0.2) is 66.7 Å². The van der Waals surface area contributed by atoms with Crippen molar-refractivity contribution in [1.29, 1.82) is 0 Å². The molecule has 4 nitrogen and oxygen atoms in total. The van der Waals surface area contributed by atoms with E-state index in [1.54, 1.807) is 14.2 Å². The van der Waals surface area contributed by atoms with E-state index in [9.17, 15) is 5.11 Å². The molecule has 0 amide bonds.